The Labute approximate surface area is 88.8 Å². The summed E-state index contributed by atoms with van der Waals surface area (Å²) < 4.78 is 4.90. The third-order valence-corrected chi connectivity index (χ3v) is 2.07. The quantitative estimate of drug-likeness (QED) is 0.584. The molecule has 0 unspecified atom stereocenters. The van der Waals surface area contributed by atoms with E-state index in [4.69, 9.17) is 9.94 Å². The maximum absolute atomic E-state index is 11.4. The van der Waals surface area contributed by atoms with Gasteiger partial charge in [0.15, 0.2) is 0 Å². The predicted molar refractivity (Wildman–Crippen MR) is 55.8 cm³/mol. The first-order valence-electron chi connectivity index (χ1n) is 4.82. The molecule has 15 heavy (non-hydrogen) atoms. The van der Waals surface area contributed by atoms with E-state index in [9.17, 15) is 4.79 Å². The van der Waals surface area contributed by atoms with Crippen LogP contribution in [0.25, 0.3) is 0 Å². The molecule has 0 amide bonds. The number of carbonyl (C=O) groups excluding carboxylic acids is 1. The van der Waals surface area contributed by atoms with Gasteiger partial charge in [-0.25, -0.2) is 10.3 Å². The molecule has 0 aliphatic carbocycles. The summed E-state index contributed by atoms with van der Waals surface area (Å²) >= 11 is 0. The van der Waals surface area contributed by atoms with Gasteiger partial charge in [-0.05, 0) is 31.0 Å². The van der Waals surface area contributed by atoms with E-state index in [2.05, 4.69) is 5.48 Å². The van der Waals surface area contributed by atoms with Crippen LogP contribution in [0.2, 0.25) is 0 Å². The number of hydrogen-bond donors (Lipinski definition) is 2. The van der Waals surface area contributed by atoms with E-state index < -0.39 is 0 Å². The molecule has 0 aliphatic rings. The summed E-state index contributed by atoms with van der Waals surface area (Å²) in [5.74, 6) is -0.307. The summed E-state index contributed by atoms with van der Waals surface area (Å²) in [6, 6.07) is 5.33. The van der Waals surface area contributed by atoms with Crippen molar-refractivity contribution in [3.05, 3.63) is 34.9 Å². The van der Waals surface area contributed by atoms with Gasteiger partial charge in [0.25, 0.3) is 0 Å². The lowest BCUT2D eigenvalue weighted by molar-refractivity contribution is 0.0525. The number of hydroxylamine groups is 1. The zero-order chi connectivity index (χ0) is 11.3. The second-order valence-electron chi connectivity index (χ2n) is 3.20. The molecule has 0 aromatic heterocycles. The van der Waals surface area contributed by atoms with Crippen LogP contribution in [-0.4, -0.2) is 17.8 Å². The molecule has 0 radical (unpaired) electrons. The lowest BCUT2D eigenvalue weighted by Gasteiger charge is -2.07. The maximum atomic E-state index is 11.4. The molecule has 0 spiro atoms. The van der Waals surface area contributed by atoms with Crippen LogP contribution in [0, 0.1) is 6.92 Å². The average molecular weight is 209 g/mol. The second kappa shape index (κ2) is 5.48. The van der Waals surface area contributed by atoms with E-state index >= 15 is 0 Å². The van der Waals surface area contributed by atoms with Crippen LogP contribution in [0.3, 0.4) is 0 Å². The van der Waals surface area contributed by atoms with E-state index in [1.807, 2.05) is 13.0 Å². The highest BCUT2D eigenvalue weighted by Crippen LogP contribution is 2.12. The van der Waals surface area contributed by atoms with E-state index in [1.54, 1.807) is 19.1 Å². The number of carbonyl (C=O) groups is 1. The molecule has 0 aliphatic heterocycles. The number of benzene rings is 1. The van der Waals surface area contributed by atoms with Gasteiger partial charge in [-0.1, -0.05) is 12.1 Å². The van der Waals surface area contributed by atoms with Crippen LogP contribution in [0.1, 0.15) is 28.4 Å². The molecule has 2 N–H and O–H groups in total. The van der Waals surface area contributed by atoms with Gasteiger partial charge in [0, 0.05) is 6.54 Å². The summed E-state index contributed by atoms with van der Waals surface area (Å²) in [5, 5.41) is 8.53. The Morgan fingerprint density at radius 2 is 2.27 bits per heavy atom. The van der Waals surface area contributed by atoms with Crippen molar-refractivity contribution in [3.63, 3.8) is 0 Å². The zero-order valence-electron chi connectivity index (χ0n) is 8.91. The lowest BCUT2D eigenvalue weighted by Crippen LogP contribution is -2.09. The van der Waals surface area contributed by atoms with Gasteiger partial charge in [0.2, 0.25) is 0 Å². The van der Waals surface area contributed by atoms with Gasteiger partial charge in [0.05, 0.1) is 12.2 Å². The summed E-state index contributed by atoms with van der Waals surface area (Å²) in [4.78, 5) is 11.4. The topological polar surface area (TPSA) is 58.6 Å². The fourth-order valence-electron chi connectivity index (χ4n) is 1.36. The van der Waals surface area contributed by atoms with Crippen LogP contribution >= 0.6 is 0 Å². The average Bonchev–Trinajstić information content (AvgIpc) is 2.18. The molecular formula is C11H15NO3. The molecule has 0 saturated carbocycles. The maximum Gasteiger partial charge on any atom is 0.338 e. The number of ether oxygens (including phenoxy) is 1. The van der Waals surface area contributed by atoms with Crippen molar-refractivity contribution in [2.45, 2.75) is 20.4 Å². The highest BCUT2D eigenvalue weighted by molar-refractivity contribution is 5.91. The largest absolute Gasteiger partial charge is 0.462 e. The van der Waals surface area contributed by atoms with Crippen LogP contribution in [0.5, 0.6) is 0 Å². The normalized spacial score (nSPS) is 10.1. The fraction of sp³-hybridized carbons (Fsp3) is 0.364. The third kappa shape index (κ3) is 3.04. The molecule has 4 heteroatoms. The van der Waals surface area contributed by atoms with Crippen LogP contribution in [-0.2, 0) is 11.3 Å². The summed E-state index contributed by atoms with van der Waals surface area (Å²) in [6.07, 6.45) is 0. The molecule has 0 atom stereocenters. The minimum atomic E-state index is -0.307. The Bertz CT molecular complexity index is 350. The molecule has 0 bridgehead atoms. The standard InChI is InChI=1S/C11H15NO3/c1-3-15-11(13)10-5-4-9(7-12-14)6-8(10)2/h4-6,12,14H,3,7H2,1-2H3. The lowest BCUT2D eigenvalue weighted by atomic mass is 10.1. The number of hydrogen-bond acceptors (Lipinski definition) is 4. The molecule has 0 fully saturated rings. The monoisotopic (exact) mass is 209 g/mol. The smallest absolute Gasteiger partial charge is 0.338 e. The van der Waals surface area contributed by atoms with Gasteiger partial charge in [-0.15, -0.1) is 0 Å². The summed E-state index contributed by atoms with van der Waals surface area (Å²) in [6.45, 7) is 4.35. The molecule has 0 heterocycles. The van der Waals surface area contributed by atoms with Crippen LogP contribution in [0.15, 0.2) is 18.2 Å². The van der Waals surface area contributed by atoms with Crippen molar-refractivity contribution in [1.29, 1.82) is 0 Å². The van der Waals surface area contributed by atoms with Gasteiger partial charge < -0.3 is 9.94 Å². The molecule has 1 aromatic rings. The second-order valence-corrected chi connectivity index (χ2v) is 3.20. The Kier molecular flexibility index (Phi) is 4.27. The molecule has 1 aromatic carbocycles. The minimum Gasteiger partial charge on any atom is -0.462 e. The first-order chi connectivity index (χ1) is 7.19. The highest BCUT2D eigenvalue weighted by Gasteiger charge is 2.09. The third-order valence-electron chi connectivity index (χ3n) is 2.07. The summed E-state index contributed by atoms with van der Waals surface area (Å²) in [7, 11) is 0. The van der Waals surface area contributed by atoms with Crippen molar-refractivity contribution in [3.8, 4) is 0 Å². The predicted octanol–water partition coefficient (Wildman–Crippen LogP) is 1.65. The number of aryl methyl sites for hydroxylation is 1. The van der Waals surface area contributed by atoms with Gasteiger partial charge in [0.1, 0.15) is 0 Å². The Balaban J connectivity index is 2.87. The van der Waals surface area contributed by atoms with Crippen LogP contribution < -0.4 is 5.48 Å². The highest BCUT2D eigenvalue weighted by atomic mass is 16.5. The van der Waals surface area contributed by atoms with Gasteiger partial charge in [-0.2, -0.15) is 0 Å². The first kappa shape index (κ1) is 11.7. The molecule has 4 nitrogen and oxygen atoms in total. The van der Waals surface area contributed by atoms with Crippen molar-refractivity contribution in [2.24, 2.45) is 0 Å². The van der Waals surface area contributed by atoms with Crippen molar-refractivity contribution < 1.29 is 14.7 Å². The van der Waals surface area contributed by atoms with E-state index in [0.29, 0.717) is 18.7 Å². The fourth-order valence-corrected chi connectivity index (χ4v) is 1.36. The molecule has 0 saturated heterocycles. The van der Waals surface area contributed by atoms with E-state index in [0.717, 1.165) is 11.1 Å². The first-order valence-corrected chi connectivity index (χ1v) is 4.82. The van der Waals surface area contributed by atoms with Crippen molar-refractivity contribution >= 4 is 5.97 Å². The number of rotatable bonds is 4. The zero-order valence-corrected chi connectivity index (χ0v) is 8.91. The Hall–Kier alpha value is -1.39. The SMILES string of the molecule is CCOC(=O)c1ccc(CNO)cc1C. The minimum absolute atomic E-state index is 0.307. The number of esters is 1. The van der Waals surface area contributed by atoms with E-state index in [1.165, 1.54) is 0 Å². The molecule has 1 rings (SSSR count). The van der Waals surface area contributed by atoms with Gasteiger partial charge in [-0.3, -0.25) is 0 Å². The molecule has 82 valence electrons. The van der Waals surface area contributed by atoms with E-state index in [-0.39, 0.29) is 5.97 Å². The van der Waals surface area contributed by atoms with Crippen LogP contribution in [0.4, 0.5) is 0 Å². The van der Waals surface area contributed by atoms with Gasteiger partial charge >= 0.3 is 5.97 Å². The van der Waals surface area contributed by atoms with Crippen molar-refractivity contribution in [2.75, 3.05) is 6.61 Å². The molecular weight excluding hydrogens is 194 g/mol. The Morgan fingerprint density at radius 3 is 2.80 bits per heavy atom. The summed E-state index contributed by atoms with van der Waals surface area (Å²) in [5.41, 5.74) is 4.40. The van der Waals surface area contributed by atoms with Crippen molar-refractivity contribution in [1.82, 2.24) is 5.48 Å². The Morgan fingerprint density at radius 1 is 1.53 bits per heavy atom. The number of nitrogens with one attached hydrogen (secondary N) is 1.